The van der Waals surface area contributed by atoms with Crippen molar-refractivity contribution in [1.29, 1.82) is 0 Å². The van der Waals surface area contributed by atoms with Crippen LogP contribution in [0.25, 0.3) is 0 Å². The fourth-order valence-electron chi connectivity index (χ4n) is 2.56. The lowest BCUT2D eigenvalue weighted by Gasteiger charge is -2.19. The van der Waals surface area contributed by atoms with Gasteiger partial charge in [0, 0.05) is 12.6 Å². The third-order valence-corrected chi connectivity index (χ3v) is 4.35. The first-order valence-corrected chi connectivity index (χ1v) is 6.66. The van der Waals surface area contributed by atoms with Crippen LogP contribution in [0.3, 0.4) is 0 Å². The number of nitrogens with one attached hydrogen (secondary N) is 1. The predicted octanol–water partition coefficient (Wildman–Crippen LogP) is 3.57. The molecule has 2 nitrogen and oxygen atoms in total. The normalized spacial score (nSPS) is 28.5. The molecule has 1 aliphatic rings. The maximum atomic E-state index is 9.35. The number of halogens is 1. The van der Waals surface area contributed by atoms with Crippen LogP contribution < -0.4 is 5.32 Å². The van der Waals surface area contributed by atoms with E-state index in [1.54, 1.807) is 6.07 Å². The molecule has 1 aliphatic carbocycles. The van der Waals surface area contributed by atoms with Crippen molar-refractivity contribution < 1.29 is 5.11 Å². The molecule has 2 rings (SSSR count). The molecule has 1 fully saturated rings. The largest absolute Gasteiger partial charge is 0.506 e. The minimum Gasteiger partial charge on any atom is -0.506 e. The number of aromatic hydroxyl groups is 1. The number of phenols is 1. The Balaban J connectivity index is 1.92. The SMILES string of the molecule is CC1CCC(NCc2ccc(O)c(Cl)c2)C1C. The van der Waals surface area contributed by atoms with Gasteiger partial charge in [-0.15, -0.1) is 0 Å². The van der Waals surface area contributed by atoms with Gasteiger partial charge < -0.3 is 10.4 Å². The van der Waals surface area contributed by atoms with Crippen LogP contribution in [-0.4, -0.2) is 11.1 Å². The van der Waals surface area contributed by atoms with Crippen LogP contribution in [0.15, 0.2) is 18.2 Å². The molecule has 0 bridgehead atoms. The van der Waals surface area contributed by atoms with E-state index in [9.17, 15) is 5.11 Å². The summed E-state index contributed by atoms with van der Waals surface area (Å²) in [5, 5.41) is 13.4. The van der Waals surface area contributed by atoms with E-state index in [2.05, 4.69) is 19.2 Å². The topological polar surface area (TPSA) is 32.3 Å². The van der Waals surface area contributed by atoms with Crippen molar-refractivity contribution in [3.63, 3.8) is 0 Å². The van der Waals surface area contributed by atoms with E-state index in [1.807, 2.05) is 12.1 Å². The lowest BCUT2D eigenvalue weighted by Crippen LogP contribution is -2.31. The Bertz CT molecular complexity index is 394. The first-order valence-electron chi connectivity index (χ1n) is 6.28. The molecule has 0 saturated heterocycles. The predicted molar refractivity (Wildman–Crippen MR) is 71.3 cm³/mol. The van der Waals surface area contributed by atoms with Crippen LogP contribution in [0, 0.1) is 11.8 Å². The van der Waals surface area contributed by atoms with Gasteiger partial charge in [-0.3, -0.25) is 0 Å². The molecule has 17 heavy (non-hydrogen) atoms. The highest BCUT2D eigenvalue weighted by Crippen LogP contribution is 2.31. The molecule has 0 aromatic heterocycles. The molecule has 1 aromatic carbocycles. The molecular formula is C14H20ClNO. The van der Waals surface area contributed by atoms with Crippen LogP contribution in [0.2, 0.25) is 5.02 Å². The van der Waals surface area contributed by atoms with Crippen molar-refractivity contribution in [3.05, 3.63) is 28.8 Å². The first-order chi connectivity index (χ1) is 8.08. The summed E-state index contributed by atoms with van der Waals surface area (Å²) in [6, 6.07) is 6.00. The highest BCUT2D eigenvalue weighted by molar-refractivity contribution is 6.32. The molecule has 1 aromatic rings. The Kier molecular flexibility index (Phi) is 3.95. The number of phenolic OH excluding ortho intramolecular Hbond substituents is 1. The van der Waals surface area contributed by atoms with Crippen molar-refractivity contribution >= 4 is 11.6 Å². The number of benzene rings is 1. The van der Waals surface area contributed by atoms with Gasteiger partial charge in [-0.25, -0.2) is 0 Å². The fraction of sp³-hybridized carbons (Fsp3) is 0.571. The summed E-state index contributed by atoms with van der Waals surface area (Å²) in [6.07, 6.45) is 2.57. The molecular weight excluding hydrogens is 234 g/mol. The van der Waals surface area contributed by atoms with E-state index in [0.29, 0.717) is 11.1 Å². The highest BCUT2D eigenvalue weighted by atomic mass is 35.5. The molecule has 0 heterocycles. The van der Waals surface area contributed by atoms with E-state index in [4.69, 9.17) is 11.6 Å². The lowest BCUT2D eigenvalue weighted by atomic mass is 9.98. The molecule has 0 amide bonds. The van der Waals surface area contributed by atoms with Crippen molar-refractivity contribution in [3.8, 4) is 5.75 Å². The summed E-state index contributed by atoms with van der Waals surface area (Å²) in [4.78, 5) is 0. The second kappa shape index (κ2) is 5.28. The van der Waals surface area contributed by atoms with E-state index in [0.717, 1.165) is 23.9 Å². The molecule has 0 spiro atoms. The molecule has 3 atom stereocenters. The first kappa shape index (κ1) is 12.7. The molecule has 3 unspecified atom stereocenters. The van der Waals surface area contributed by atoms with Gasteiger partial charge >= 0.3 is 0 Å². The van der Waals surface area contributed by atoms with E-state index in [-0.39, 0.29) is 5.75 Å². The minimum absolute atomic E-state index is 0.151. The van der Waals surface area contributed by atoms with Crippen molar-refractivity contribution in [1.82, 2.24) is 5.32 Å². The Morgan fingerprint density at radius 2 is 2.12 bits per heavy atom. The number of hydrogen-bond acceptors (Lipinski definition) is 2. The summed E-state index contributed by atoms with van der Waals surface area (Å²) in [5.74, 6) is 1.71. The van der Waals surface area contributed by atoms with Gasteiger partial charge in [0.2, 0.25) is 0 Å². The molecule has 1 saturated carbocycles. The zero-order valence-electron chi connectivity index (χ0n) is 10.4. The monoisotopic (exact) mass is 253 g/mol. The Hall–Kier alpha value is -0.730. The van der Waals surface area contributed by atoms with Crippen LogP contribution in [0.1, 0.15) is 32.3 Å². The zero-order chi connectivity index (χ0) is 12.4. The van der Waals surface area contributed by atoms with Gasteiger partial charge in [0.25, 0.3) is 0 Å². The minimum atomic E-state index is 0.151. The summed E-state index contributed by atoms with van der Waals surface area (Å²) in [6.45, 7) is 5.46. The average Bonchev–Trinajstić information content (AvgIpc) is 2.62. The fourth-order valence-corrected chi connectivity index (χ4v) is 2.77. The number of hydrogen-bond donors (Lipinski definition) is 2. The highest BCUT2D eigenvalue weighted by Gasteiger charge is 2.28. The molecule has 0 radical (unpaired) electrons. The Morgan fingerprint density at radius 1 is 1.35 bits per heavy atom. The van der Waals surface area contributed by atoms with Gasteiger partial charge in [0.15, 0.2) is 0 Å². The summed E-state index contributed by atoms with van der Waals surface area (Å²) in [7, 11) is 0. The Labute approximate surface area is 108 Å². The third kappa shape index (κ3) is 2.93. The second-order valence-electron chi connectivity index (χ2n) is 5.19. The molecule has 94 valence electrons. The average molecular weight is 254 g/mol. The van der Waals surface area contributed by atoms with E-state index < -0.39 is 0 Å². The van der Waals surface area contributed by atoms with Crippen LogP contribution >= 0.6 is 11.6 Å². The lowest BCUT2D eigenvalue weighted by molar-refractivity contribution is 0.370. The van der Waals surface area contributed by atoms with Crippen LogP contribution in [0.4, 0.5) is 0 Å². The summed E-state index contributed by atoms with van der Waals surface area (Å²) < 4.78 is 0. The third-order valence-electron chi connectivity index (χ3n) is 4.05. The van der Waals surface area contributed by atoms with Crippen molar-refractivity contribution in [2.24, 2.45) is 11.8 Å². The Morgan fingerprint density at radius 3 is 2.71 bits per heavy atom. The van der Waals surface area contributed by atoms with Crippen LogP contribution in [0.5, 0.6) is 5.75 Å². The summed E-state index contributed by atoms with van der Waals surface area (Å²) >= 11 is 5.88. The van der Waals surface area contributed by atoms with Gasteiger partial charge in [0.1, 0.15) is 5.75 Å². The van der Waals surface area contributed by atoms with Crippen molar-refractivity contribution in [2.75, 3.05) is 0 Å². The smallest absolute Gasteiger partial charge is 0.134 e. The van der Waals surface area contributed by atoms with E-state index in [1.165, 1.54) is 12.8 Å². The maximum absolute atomic E-state index is 9.35. The molecule has 3 heteroatoms. The van der Waals surface area contributed by atoms with Crippen LogP contribution in [-0.2, 0) is 6.54 Å². The second-order valence-corrected chi connectivity index (χ2v) is 5.59. The van der Waals surface area contributed by atoms with E-state index >= 15 is 0 Å². The van der Waals surface area contributed by atoms with Gasteiger partial charge in [-0.1, -0.05) is 31.5 Å². The maximum Gasteiger partial charge on any atom is 0.134 e. The number of rotatable bonds is 3. The molecule has 2 N–H and O–H groups in total. The standard InChI is InChI=1S/C14H20ClNO/c1-9-3-5-13(10(9)2)16-8-11-4-6-14(17)12(15)7-11/h4,6-7,9-10,13,16-17H,3,5,8H2,1-2H3. The zero-order valence-corrected chi connectivity index (χ0v) is 11.2. The summed E-state index contributed by atoms with van der Waals surface area (Å²) in [5.41, 5.74) is 1.12. The van der Waals surface area contributed by atoms with Gasteiger partial charge in [0.05, 0.1) is 5.02 Å². The van der Waals surface area contributed by atoms with Gasteiger partial charge in [-0.2, -0.15) is 0 Å². The molecule has 0 aliphatic heterocycles. The quantitative estimate of drug-likeness (QED) is 0.863. The van der Waals surface area contributed by atoms with Gasteiger partial charge in [-0.05, 0) is 42.4 Å². The van der Waals surface area contributed by atoms with Crippen molar-refractivity contribution in [2.45, 2.75) is 39.3 Å².